The van der Waals surface area contributed by atoms with E-state index < -0.39 is 10.0 Å². The lowest BCUT2D eigenvalue weighted by molar-refractivity contribution is -0.121. The minimum atomic E-state index is -3.35. The highest BCUT2D eigenvalue weighted by molar-refractivity contribution is 7.88. The van der Waals surface area contributed by atoms with E-state index in [2.05, 4.69) is 15.0 Å². The van der Waals surface area contributed by atoms with Crippen molar-refractivity contribution in [3.63, 3.8) is 0 Å². The first-order chi connectivity index (χ1) is 14.3. The highest BCUT2D eigenvalue weighted by atomic mass is 32.2. The van der Waals surface area contributed by atoms with Gasteiger partial charge in [-0.15, -0.1) is 0 Å². The molecule has 0 bridgehead atoms. The lowest BCUT2D eigenvalue weighted by Gasteiger charge is -2.11. The van der Waals surface area contributed by atoms with Gasteiger partial charge < -0.3 is 9.88 Å². The summed E-state index contributed by atoms with van der Waals surface area (Å²) in [5.41, 5.74) is 3.45. The molecule has 0 atom stereocenters. The number of fused-ring (bicyclic) bond motifs is 1. The van der Waals surface area contributed by atoms with E-state index in [0.29, 0.717) is 12.1 Å². The average molecular weight is 429 g/mol. The SMILES string of the molecule is CCc1nc2ccccc2n1CC(=O)NCc1ccc(CS(=O)(=O)NC(C)C)cc1. The van der Waals surface area contributed by atoms with Gasteiger partial charge in [0.15, 0.2) is 0 Å². The molecule has 1 heterocycles. The van der Waals surface area contributed by atoms with E-state index in [1.807, 2.05) is 47.9 Å². The number of nitrogens with zero attached hydrogens (tertiary/aromatic N) is 2. The standard InChI is InChI=1S/C22H28N4O3S/c1-4-21-24-19-7-5-6-8-20(19)26(21)14-22(27)23-13-17-9-11-18(12-10-17)15-30(28,29)25-16(2)3/h5-12,16,25H,4,13-15H2,1-3H3,(H,23,27). The summed E-state index contributed by atoms with van der Waals surface area (Å²) in [7, 11) is -3.35. The van der Waals surface area contributed by atoms with Crippen LogP contribution >= 0.6 is 0 Å². The second kappa shape index (κ2) is 9.40. The molecular formula is C22H28N4O3S. The van der Waals surface area contributed by atoms with Crippen molar-refractivity contribution in [2.24, 2.45) is 0 Å². The maximum absolute atomic E-state index is 12.5. The molecule has 0 spiro atoms. The normalized spacial score (nSPS) is 11.9. The third-order valence-electron chi connectivity index (χ3n) is 4.64. The van der Waals surface area contributed by atoms with E-state index in [4.69, 9.17) is 0 Å². The van der Waals surface area contributed by atoms with Gasteiger partial charge in [-0.05, 0) is 37.1 Å². The molecule has 0 aliphatic carbocycles. The van der Waals surface area contributed by atoms with Gasteiger partial charge in [-0.25, -0.2) is 18.1 Å². The van der Waals surface area contributed by atoms with Crippen molar-refractivity contribution < 1.29 is 13.2 Å². The zero-order valence-corrected chi connectivity index (χ0v) is 18.4. The molecule has 3 aromatic rings. The number of imidazole rings is 1. The number of carbonyl (C=O) groups is 1. The summed E-state index contributed by atoms with van der Waals surface area (Å²) in [6, 6.07) is 14.9. The zero-order valence-electron chi connectivity index (χ0n) is 17.6. The number of para-hydroxylation sites is 2. The summed E-state index contributed by atoms with van der Waals surface area (Å²) < 4.78 is 28.6. The van der Waals surface area contributed by atoms with Gasteiger partial charge in [-0.3, -0.25) is 4.79 Å². The molecule has 0 saturated heterocycles. The van der Waals surface area contributed by atoms with Gasteiger partial charge in [0.25, 0.3) is 0 Å². The topological polar surface area (TPSA) is 93.1 Å². The zero-order chi connectivity index (χ0) is 21.7. The fourth-order valence-corrected chi connectivity index (χ4v) is 4.78. The van der Waals surface area contributed by atoms with Gasteiger partial charge in [-0.2, -0.15) is 0 Å². The van der Waals surface area contributed by atoms with Gasteiger partial charge in [0.05, 0.1) is 16.8 Å². The minimum Gasteiger partial charge on any atom is -0.350 e. The highest BCUT2D eigenvalue weighted by Gasteiger charge is 2.14. The second-order valence-electron chi connectivity index (χ2n) is 7.58. The molecule has 0 aliphatic heterocycles. The maximum Gasteiger partial charge on any atom is 0.240 e. The van der Waals surface area contributed by atoms with Gasteiger partial charge >= 0.3 is 0 Å². The molecule has 2 N–H and O–H groups in total. The molecule has 1 amide bonds. The Morgan fingerprint density at radius 3 is 2.40 bits per heavy atom. The van der Waals surface area contributed by atoms with E-state index in [1.165, 1.54) is 0 Å². The van der Waals surface area contributed by atoms with E-state index in [9.17, 15) is 13.2 Å². The maximum atomic E-state index is 12.5. The Balaban J connectivity index is 1.59. The van der Waals surface area contributed by atoms with Gasteiger partial charge in [0, 0.05) is 19.0 Å². The molecule has 8 heteroatoms. The summed E-state index contributed by atoms with van der Waals surface area (Å²) in [6.07, 6.45) is 0.748. The van der Waals surface area contributed by atoms with Crippen LogP contribution in [0.3, 0.4) is 0 Å². The molecule has 0 fully saturated rings. The highest BCUT2D eigenvalue weighted by Crippen LogP contribution is 2.16. The number of benzene rings is 2. The summed E-state index contributed by atoms with van der Waals surface area (Å²) >= 11 is 0. The van der Waals surface area contributed by atoms with Crippen molar-refractivity contribution in [3.05, 3.63) is 65.5 Å². The lowest BCUT2D eigenvalue weighted by Crippen LogP contribution is -2.31. The second-order valence-corrected chi connectivity index (χ2v) is 9.34. The molecular weight excluding hydrogens is 400 g/mol. The summed E-state index contributed by atoms with van der Waals surface area (Å²) in [4.78, 5) is 17.1. The lowest BCUT2D eigenvalue weighted by atomic mass is 10.1. The monoisotopic (exact) mass is 428 g/mol. The van der Waals surface area contributed by atoms with Crippen molar-refractivity contribution in [2.75, 3.05) is 0 Å². The molecule has 160 valence electrons. The van der Waals surface area contributed by atoms with Gasteiger partial charge in [-0.1, -0.05) is 43.3 Å². The first kappa shape index (κ1) is 22.0. The van der Waals surface area contributed by atoms with E-state index in [0.717, 1.165) is 28.8 Å². The molecule has 0 aliphatic rings. The first-order valence-corrected chi connectivity index (χ1v) is 11.7. The fourth-order valence-electron chi connectivity index (χ4n) is 3.35. The Labute approximate surface area is 177 Å². The van der Waals surface area contributed by atoms with Crippen LogP contribution in [0.4, 0.5) is 0 Å². The van der Waals surface area contributed by atoms with Crippen LogP contribution in [0.1, 0.15) is 37.7 Å². The van der Waals surface area contributed by atoms with Crippen LogP contribution in [-0.2, 0) is 40.1 Å². The van der Waals surface area contributed by atoms with Crippen molar-refractivity contribution in [2.45, 2.75) is 52.1 Å². The summed E-state index contributed by atoms with van der Waals surface area (Å²) in [6.45, 7) is 6.19. The number of aromatic nitrogens is 2. The van der Waals surface area contributed by atoms with Crippen molar-refractivity contribution in [1.29, 1.82) is 0 Å². The molecule has 7 nitrogen and oxygen atoms in total. The number of hydrogen-bond donors (Lipinski definition) is 2. The predicted octanol–water partition coefficient (Wildman–Crippen LogP) is 2.74. The Morgan fingerprint density at radius 2 is 1.73 bits per heavy atom. The molecule has 3 rings (SSSR count). The van der Waals surface area contributed by atoms with Crippen LogP contribution in [0.25, 0.3) is 11.0 Å². The minimum absolute atomic E-state index is 0.0642. The number of rotatable bonds is 9. The first-order valence-electron chi connectivity index (χ1n) is 10.1. The van der Waals surface area contributed by atoms with Crippen molar-refractivity contribution in [3.8, 4) is 0 Å². The third-order valence-corrected chi connectivity index (χ3v) is 6.18. The van der Waals surface area contributed by atoms with E-state index >= 15 is 0 Å². The molecule has 2 aromatic carbocycles. The third kappa shape index (κ3) is 5.67. The molecule has 0 unspecified atom stereocenters. The van der Waals surface area contributed by atoms with E-state index in [1.54, 1.807) is 26.0 Å². The van der Waals surface area contributed by atoms with Gasteiger partial charge in [0.1, 0.15) is 12.4 Å². The van der Waals surface area contributed by atoms with Crippen LogP contribution in [0, 0.1) is 0 Å². The van der Waals surface area contributed by atoms with Crippen LogP contribution < -0.4 is 10.0 Å². The van der Waals surface area contributed by atoms with Crippen LogP contribution in [0.2, 0.25) is 0 Å². The Hall–Kier alpha value is -2.71. The Bertz CT molecular complexity index is 1120. The van der Waals surface area contributed by atoms with Crippen molar-refractivity contribution in [1.82, 2.24) is 19.6 Å². The number of sulfonamides is 1. The quantitative estimate of drug-likeness (QED) is 0.548. The largest absolute Gasteiger partial charge is 0.350 e. The fraction of sp³-hybridized carbons (Fsp3) is 0.364. The molecule has 1 aromatic heterocycles. The van der Waals surface area contributed by atoms with Crippen LogP contribution in [0.15, 0.2) is 48.5 Å². The molecule has 0 radical (unpaired) electrons. The van der Waals surface area contributed by atoms with Crippen LogP contribution in [0.5, 0.6) is 0 Å². The summed E-state index contributed by atoms with van der Waals surface area (Å²) in [5.74, 6) is 0.721. The Morgan fingerprint density at radius 1 is 1.07 bits per heavy atom. The number of amides is 1. The smallest absolute Gasteiger partial charge is 0.240 e. The van der Waals surface area contributed by atoms with E-state index in [-0.39, 0.29) is 24.2 Å². The molecule has 0 saturated carbocycles. The molecule has 30 heavy (non-hydrogen) atoms. The summed E-state index contributed by atoms with van der Waals surface area (Å²) in [5, 5.41) is 2.93. The van der Waals surface area contributed by atoms with Gasteiger partial charge in [0.2, 0.25) is 15.9 Å². The average Bonchev–Trinajstić information content (AvgIpc) is 3.04. The van der Waals surface area contributed by atoms with Crippen LogP contribution in [-0.4, -0.2) is 29.9 Å². The number of aryl methyl sites for hydroxylation is 1. The number of nitrogens with one attached hydrogen (secondary N) is 2. The Kier molecular flexibility index (Phi) is 6.89. The van der Waals surface area contributed by atoms with Crippen molar-refractivity contribution >= 4 is 27.0 Å². The number of carbonyl (C=O) groups excluding carboxylic acids is 1. The number of hydrogen-bond acceptors (Lipinski definition) is 4. The predicted molar refractivity (Wildman–Crippen MR) is 118 cm³/mol.